The average Bonchev–Trinajstić information content (AvgIpc) is 1.81. The van der Waals surface area contributed by atoms with Crippen LogP contribution in [0.15, 0.2) is 24.0 Å². The summed E-state index contributed by atoms with van der Waals surface area (Å²) in [5.74, 6) is -0.0191. The summed E-state index contributed by atoms with van der Waals surface area (Å²) in [4.78, 5) is 10.8. The number of ketones is 1. The molecule has 2 nitrogen and oxygen atoms in total. The van der Waals surface area contributed by atoms with E-state index in [0.717, 1.165) is 5.57 Å². The lowest BCUT2D eigenvalue weighted by atomic mass is 10.1. The Morgan fingerprint density at radius 1 is 1.50 bits per heavy atom. The monoisotopic (exact) mass is 140 g/mol. The van der Waals surface area contributed by atoms with Crippen LogP contribution in [0.1, 0.15) is 13.8 Å². The van der Waals surface area contributed by atoms with Gasteiger partial charge in [-0.25, -0.2) is 0 Å². The number of hydrogen-bond donors (Lipinski definition) is 0. The van der Waals surface area contributed by atoms with Crippen LogP contribution in [0.2, 0.25) is 0 Å². The molecule has 0 fully saturated rings. The number of methoxy groups -OCH3 is 1. The normalized spacial score (nSPS) is 10.9. The van der Waals surface area contributed by atoms with Gasteiger partial charge in [-0.1, -0.05) is 6.58 Å². The molecule has 0 saturated carbocycles. The Balaban J connectivity index is 4.42. The zero-order valence-corrected chi connectivity index (χ0v) is 6.60. The van der Waals surface area contributed by atoms with Crippen LogP contribution in [0.4, 0.5) is 0 Å². The van der Waals surface area contributed by atoms with E-state index < -0.39 is 0 Å². The smallest absolute Gasteiger partial charge is 0.163 e. The summed E-state index contributed by atoms with van der Waals surface area (Å²) < 4.78 is 4.68. The number of rotatable bonds is 3. The second kappa shape index (κ2) is 3.88. The summed E-state index contributed by atoms with van der Waals surface area (Å²) in [6.45, 7) is 6.88. The Morgan fingerprint density at radius 2 is 2.00 bits per heavy atom. The molecule has 0 aliphatic rings. The number of hydrogen-bond acceptors (Lipinski definition) is 2. The van der Waals surface area contributed by atoms with Gasteiger partial charge in [-0.2, -0.15) is 0 Å². The second-order valence-electron chi connectivity index (χ2n) is 2.10. The molecule has 0 aliphatic heterocycles. The third kappa shape index (κ3) is 2.49. The molecule has 0 rings (SSSR count). The predicted octanol–water partition coefficient (Wildman–Crippen LogP) is 1.68. The summed E-state index contributed by atoms with van der Waals surface area (Å²) >= 11 is 0. The standard InChI is InChI=1S/C8H12O2/c1-6(2)8(5-10-4)7(3)9/h5H,1H2,2-4H3/b8-5+. The first-order valence-corrected chi connectivity index (χ1v) is 2.99. The Hall–Kier alpha value is -1.05. The highest BCUT2D eigenvalue weighted by molar-refractivity contribution is 5.96. The first-order chi connectivity index (χ1) is 4.59. The fourth-order valence-corrected chi connectivity index (χ4v) is 0.602. The molecular formula is C8H12O2. The minimum absolute atomic E-state index is 0.0191. The van der Waals surface area contributed by atoms with E-state index in [-0.39, 0.29) is 5.78 Å². The Kier molecular flexibility index (Phi) is 3.47. The molecule has 0 aromatic carbocycles. The van der Waals surface area contributed by atoms with Crippen molar-refractivity contribution in [1.29, 1.82) is 0 Å². The van der Waals surface area contributed by atoms with Gasteiger partial charge in [-0.3, -0.25) is 4.79 Å². The van der Waals surface area contributed by atoms with Gasteiger partial charge in [0.15, 0.2) is 5.78 Å². The lowest BCUT2D eigenvalue weighted by Gasteiger charge is -1.99. The van der Waals surface area contributed by atoms with Crippen molar-refractivity contribution in [2.75, 3.05) is 7.11 Å². The van der Waals surface area contributed by atoms with E-state index in [4.69, 9.17) is 0 Å². The number of allylic oxidation sites excluding steroid dienone is 2. The van der Waals surface area contributed by atoms with E-state index in [0.29, 0.717) is 5.57 Å². The zero-order valence-electron chi connectivity index (χ0n) is 6.60. The van der Waals surface area contributed by atoms with Crippen LogP contribution >= 0.6 is 0 Å². The van der Waals surface area contributed by atoms with E-state index in [1.165, 1.54) is 20.3 Å². The quantitative estimate of drug-likeness (QED) is 0.338. The fourth-order valence-electron chi connectivity index (χ4n) is 0.602. The van der Waals surface area contributed by atoms with Crippen molar-refractivity contribution in [2.24, 2.45) is 0 Å². The first kappa shape index (κ1) is 8.95. The molecule has 0 unspecified atom stereocenters. The third-order valence-corrected chi connectivity index (χ3v) is 1.07. The van der Waals surface area contributed by atoms with Crippen LogP contribution < -0.4 is 0 Å². The van der Waals surface area contributed by atoms with Crippen LogP contribution in [0.25, 0.3) is 0 Å². The molecule has 0 N–H and O–H groups in total. The van der Waals surface area contributed by atoms with Gasteiger partial charge >= 0.3 is 0 Å². The highest BCUT2D eigenvalue weighted by Gasteiger charge is 2.02. The molecule has 0 amide bonds. The van der Waals surface area contributed by atoms with Crippen LogP contribution in [0.3, 0.4) is 0 Å². The molecule has 0 aromatic heterocycles. The molecule has 56 valence electrons. The van der Waals surface area contributed by atoms with Gasteiger partial charge in [0.05, 0.1) is 18.9 Å². The Labute approximate surface area is 61.2 Å². The fraction of sp³-hybridized carbons (Fsp3) is 0.375. The summed E-state index contributed by atoms with van der Waals surface area (Å²) in [7, 11) is 1.51. The Morgan fingerprint density at radius 3 is 2.10 bits per heavy atom. The van der Waals surface area contributed by atoms with Gasteiger partial charge in [0.25, 0.3) is 0 Å². The van der Waals surface area contributed by atoms with Gasteiger partial charge in [0, 0.05) is 0 Å². The molecular weight excluding hydrogens is 128 g/mol. The van der Waals surface area contributed by atoms with E-state index in [9.17, 15) is 4.79 Å². The summed E-state index contributed by atoms with van der Waals surface area (Å²) in [6.07, 6.45) is 1.41. The molecule has 0 saturated heterocycles. The first-order valence-electron chi connectivity index (χ1n) is 2.99. The lowest BCUT2D eigenvalue weighted by Crippen LogP contribution is -1.97. The van der Waals surface area contributed by atoms with Crippen molar-refractivity contribution in [3.63, 3.8) is 0 Å². The summed E-state index contributed by atoms with van der Waals surface area (Å²) in [5.41, 5.74) is 1.27. The predicted molar refractivity (Wildman–Crippen MR) is 40.6 cm³/mol. The van der Waals surface area contributed by atoms with Gasteiger partial charge in [-0.05, 0) is 19.4 Å². The van der Waals surface area contributed by atoms with Crippen molar-refractivity contribution in [3.05, 3.63) is 24.0 Å². The van der Waals surface area contributed by atoms with Crippen LogP contribution in [-0.4, -0.2) is 12.9 Å². The molecule has 10 heavy (non-hydrogen) atoms. The minimum atomic E-state index is -0.0191. The molecule has 0 aliphatic carbocycles. The number of carbonyl (C=O) groups excluding carboxylic acids is 1. The molecule has 0 bridgehead atoms. The number of carbonyl (C=O) groups is 1. The second-order valence-corrected chi connectivity index (χ2v) is 2.10. The SMILES string of the molecule is C=C(C)/C(=C\OC)C(C)=O. The van der Waals surface area contributed by atoms with Gasteiger partial charge < -0.3 is 4.74 Å². The van der Waals surface area contributed by atoms with Crippen molar-refractivity contribution < 1.29 is 9.53 Å². The van der Waals surface area contributed by atoms with Gasteiger partial charge in [0.1, 0.15) is 0 Å². The molecule has 0 heterocycles. The van der Waals surface area contributed by atoms with Crippen LogP contribution in [-0.2, 0) is 9.53 Å². The minimum Gasteiger partial charge on any atom is -0.504 e. The van der Waals surface area contributed by atoms with Crippen LogP contribution in [0.5, 0.6) is 0 Å². The van der Waals surface area contributed by atoms with Crippen molar-refractivity contribution >= 4 is 5.78 Å². The van der Waals surface area contributed by atoms with E-state index in [1.54, 1.807) is 6.92 Å². The highest BCUT2D eigenvalue weighted by Crippen LogP contribution is 2.06. The molecule has 2 heteroatoms. The molecule has 0 atom stereocenters. The molecule has 0 radical (unpaired) electrons. The van der Waals surface area contributed by atoms with Crippen molar-refractivity contribution in [1.82, 2.24) is 0 Å². The van der Waals surface area contributed by atoms with Crippen LogP contribution in [0, 0.1) is 0 Å². The maximum atomic E-state index is 10.8. The highest BCUT2D eigenvalue weighted by atomic mass is 16.5. The number of ether oxygens (including phenoxy) is 1. The van der Waals surface area contributed by atoms with Crippen molar-refractivity contribution in [2.45, 2.75) is 13.8 Å². The Bertz CT molecular complexity index is 162. The van der Waals surface area contributed by atoms with Gasteiger partial charge in [0.2, 0.25) is 0 Å². The lowest BCUT2D eigenvalue weighted by molar-refractivity contribution is -0.113. The van der Waals surface area contributed by atoms with Gasteiger partial charge in [-0.15, -0.1) is 0 Å². The van der Waals surface area contributed by atoms with Crippen molar-refractivity contribution in [3.8, 4) is 0 Å². The van der Waals surface area contributed by atoms with E-state index >= 15 is 0 Å². The maximum Gasteiger partial charge on any atom is 0.163 e. The summed E-state index contributed by atoms with van der Waals surface area (Å²) in [5, 5.41) is 0. The third-order valence-electron chi connectivity index (χ3n) is 1.07. The number of Topliss-reactive ketones (excluding diaryl/α,β-unsaturated/α-hetero) is 1. The molecule has 0 spiro atoms. The largest absolute Gasteiger partial charge is 0.504 e. The zero-order chi connectivity index (χ0) is 8.15. The summed E-state index contributed by atoms with van der Waals surface area (Å²) in [6, 6.07) is 0. The maximum absolute atomic E-state index is 10.8. The average molecular weight is 140 g/mol. The topological polar surface area (TPSA) is 26.3 Å². The van der Waals surface area contributed by atoms with E-state index in [1.807, 2.05) is 0 Å². The van der Waals surface area contributed by atoms with E-state index in [2.05, 4.69) is 11.3 Å². The molecule has 0 aromatic rings.